The topological polar surface area (TPSA) is 119 Å². The molecule has 1 saturated heterocycles. The van der Waals surface area contributed by atoms with Crippen LogP contribution in [0.2, 0.25) is 0 Å². The number of aromatic nitrogens is 1. The second kappa shape index (κ2) is 11.3. The van der Waals surface area contributed by atoms with Crippen molar-refractivity contribution in [3.8, 4) is 5.75 Å². The molecule has 1 unspecified atom stereocenters. The number of pyridine rings is 1. The van der Waals surface area contributed by atoms with Gasteiger partial charge in [0.1, 0.15) is 11.5 Å². The van der Waals surface area contributed by atoms with Gasteiger partial charge in [0.15, 0.2) is 5.75 Å². The number of nitrogens with zero attached hydrogens (tertiary/aromatic N) is 2. The highest BCUT2D eigenvalue weighted by molar-refractivity contribution is 6.16. The largest absolute Gasteiger partial charge is 0.453 e. The number of hydrogen-bond acceptors (Lipinski definition) is 7. The summed E-state index contributed by atoms with van der Waals surface area (Å²) in [5.41, 5.74) is 1.84. The van der Waals surface area contributed by atoms with Crippen LogP contribution in [0.5, 0.6) is 5.75 Å². The van der Waals surface area contributed by atoms with Crippen LogP contribution in [0.1, 0.15) is 24.5 Å². The molecule has 1 aliphatic carbocycles. The Kier molecular flexibility index (Phi) is 7.22. The van der Waals surface area contributed by atoms with Crippen LogP contribution in [-0.4, -0.2) is 47.5 Å². The third-order valence-corrected chi connectivity index (χ3v) is 7.30. The van der Waals surface area contributed by atoms with Crippen LogP contribution < -0.4 is 15.5 Å². The number of carbonyl (C=O) groups is 3. The SMILES string of the molecule is O=C(OOc1ccc(NC(=O)C2(C(=O)Nc3ccccc3)CC2)cc1)N1CCOC(c2ccc3cccnc3c2)C1. The lowest BCUT2D eigenvalue weighted by molar-refractivity contribution is -0.161. The molecule has 1 atom stereocenters. The maximum absolute atomic E-state index is 12.9. The number of benzene rings is 3. The summed E-state index contributed by atoms with van der Waals surface area (Å²) in [4.78, 5) is 54.6. The molecule has 1 saturated carbocycles. The van der Waals surface area contributed by atoms with E-state index >= 15 is 0 Å². The summed E-state index contributed by atoms with van der Waals surface area (Å²) < 4.78 is 5.90. The van der Waals surface area contributed by atoms with Crippen LogP contribution in [0, 0.1) is 5.41 Å². The fourth-order valence-electron chi connectivity index (χ4n) is 4.74. The van der Waals surface area contributed by atoms with Crippen LogP contribution in [0.4, 0.5) is 16.2 Å². The van der Waals surface area contributed by atoms with Crippen molar-refractivity contribution < 1.29 is 28.9 Å². The van der Waals surface area contributed by atoms with Gasteiger partial charge in [-0.1, -0.05) is 36.4 Å². The Hall–Kier alpha value is -4.96. The van der Waals surface area contributed by atoms with Crippen molar-refractivity contribution in [3.05, 3.63) is 96.7 Å². The minimum Gasteiger partial charge on any atom is -0.370 e. The summed E-state index contributed by atoms with van der Waals surface area (Å²) in [6, 6.07) is 25.2. The van der Waals surface area contributed by atoms with Crippen molar-refractivity contribution in [1.82, 2.24) is 9.88 Å². The quantitative estimate of drug-likeness (QED) is 0.186. The third kappa shape index (κ3) is 5.82. The minimum atomic E-state index is -1.08. The third-order valence-electron chi connectivity index (χ3n) is 7.30. The molecule has 3 aromatic carbocycles. The lowest BCUT2D eigenvalue weighted by Crippen LogP contribution is -2.42. The van der Waals surface area contributed by atoms with E-state index < -0.39 is 11.5 Å². The molecule has 0 spiro atoms. The van der Waals surface area contributed by atoms with E-state index in [4.69, 9.17) is 14.5 Å². The number of rotatable bonds is 7. The Balaban J connectivity index is 1.00. The molecule has 0 radical (unpaired) electrons. The maximum atomic E-state index is 12.9. The molecule has 2 aliphatic rings. The lowest BCUT2D eigenvalue weighted by atomic mass is 10.0. The fraction of sp³-hybridized carbons (Fsp3) is 0.226. The first-order valence-electron chi connectivity index (χ1n) is 13.4. The molecule has 0 bridgehead atoms. The number of fused-ring (bicyclic) bond motifs is 1. The Morgan fingerprint density at radius 2 is 1.61 bits per heavy atom. The van der Waals surface area contributed by atoms with E-state index in [2.05, 4.69) is 15.6 Å². The molecule has 208 valence electrons. The Bertz CT molecular complexity index is 1570. The van der Waals surface area contributed by atoms with Crippen molar-refractivity contribution in [1.29, 1.82) is 0 Å². The van der Waals surface area contributed by atoms with Gasteiger partial charge in [0.25, 0.3) is 0 Å². The molecule has 10 heteroatoms. The van der Waals surface area contributed by atoms with Crippen molar-refractivity contribution in [2.24, 2.45) is 5.41 Å². The zero-order valence-electron chi connectivity index (χ0n) is 22.1. The Morgan fingerprint density at radius 3 is 2.34 bits per heavy atom. The molecule has 2 fully saturated rings. The second-order valence-corrected chi connectivity index (χ2v) is 10.1. The van der Waals surface area contributed by atoms with Gasteiger partial charge < -0.3 is 15.4 Å². The number of hydrogen-bond donors (Lipinski definition) is 2. The predicted molar refractivity (Wildman–Crippen MR) is 151 cm³/mol. The number of nitrogens with one attached hydrogen (secondary N) is 2. The van der Waals surface area contributed by atoms with Crippen LogP contribution in [0.15, 0.2) is 91.1 Å². The van der Waals surface area contributed by atoms with Gasteiger partial charge in [0.05, 0.1) is 18.7 Å². The first kappa shape index (κ1) is 26.3. The van der Waals surface area contributed by atoms with Crippen molar-refractivity contribution in [3.63, 3.8) is 0 Å². The van der Waals surface area contributed by atoms with Crippen LogP contribution in [0.3, 0.4) is 0 Å². The van der Waals surface area contributed by atoms with Gasteiger partial charge >= 0.3 is 6.09 Å². The monoisotopic (exact) mass is 552 g/mol. The molecule has 4 aromatic rings. The van der Waals surface area contributed by atoms with Crippen LogP contribution in [-0.2, 0) is 19.2 Å². The first-order valence-corrected chi connectivity index (χ1v) is 13.4. The van der Waals surface area contributed by atoms with Gasteiger partial charge in [-0.15, -0.1) is 0 Å². The average molecular weight is 553 g/mol. The molecule has 2 N–H and O–H groups in total. The van der Waals surface area contributed by atoms with Gasteiger partial charge in [-0.3, -0.25) is 24.4 Å². The highest BCUT2D eigenvalue weighted by Gasteiger charge is 2.56. The summed E-state index contributed by atoms with van der Waals surface area (Å²) in [6.45, 7) is 1.04. The predicted octanol–water partition coefficient (Wildman–Crippen LogP) is 5.10. The van der Waals surface area contributed by atoms with Crippen LogP contribution >= 0.6 is 0 Å². The molecule has 6 rings (SSSR count). The highest BCUT2D eigenvalue weighted by Crippen LogP contribution is 2.47. The van der Waals surface area contributed by atoms with E-state index in [0.29, 0.717) is 43.9 Å². The zero-order valence-corrected chi connectivity index (χ0v) is 22.1. The molecule has 3 amide bonds. The smallest absolute Gasteiger partial charge is 0.370 e. The summed E-state index contributed by atoms with van der Waals surface area (Å²) in [7, 11) is 0. The summed E-state index contributed by atoms with van der Waals surface area (Å²) in [5.74, 6) is -0.407. The number of carbonyl (C=O) groups excluding carboxylic acids is 3. The van der Waals surface area contributed by atoms with Crippen molar-refractivity contribution >= 4 is 40.2 Å². The van der Waals surface area contributed by atoms with Gasteiger partial charge in [-0.05, 0) is 66.9 Å². The van der Waals surface area contributed by atoms with E-state index in [1.165, 1.54) is 4.90 Å². The molecule has 1 aliphatic heterocycles. The van der Waals surface area contributed by atoms with E-state index in [9.17, 15) is 14.4 Å². The second-order valence-electron chi connectivity index (χ2n) is 10.1. The summed E-state index contributed by atoms with van der Waals surface area (Å²) >= 11 is 0. The number of amides is 3. The van der Waals surface area contributed by atoms with Gasteiger partial charge in [-0.2, -0.15) is 0 Å². The van der Waals surface area contributed by atoms with Gasteiger partial charge in [0.2, 0.25) is 11.8 Å². The maximum Gasteiger partial charge on any atom is 0.453 e. The number of para-hydroxylation sites is 1. The van der Waals surface area contributed by atoms with Gasteiger partial charge in [0, 0.05) is 29.5 Å². The first-order chi connectivity index (χ1) is 20.0. The molecular weight excluding hydrogens is 524 g/mol. The lowest BCUT2D eigenvalue weighted by Gasteiger charge is -2.31. The zero-order chi connectivity index (χ0) is 28.2. The molecule has 1 aromatic heterocycles. The molecule has 41 heavy (non-hydrogen) atoms. The van der Waals surface area contributed by atoms with Crippen molar-refractivity contribution in [2.45, 2.75) is 18.9 Å². The van der Waals surface area contributed by atoms with E-state index in [1.54, 1.807) is 42.6 Å². The van der Waals surface area contributed by atoms with E-state index in [1.807, 2.05) is 48.5 Å². The van der Waals surface area contributed by atoms with Gasteiger partial charge in [-0.25, -0.2) is 9.68 Å². The summed E-state index contributed by atoms with van der Waals surface area (Å²) in [6.07, 6.45) is 1.76. The highest BCUT2D eigenvalue weighted by atomic mass is 17.2. The Labute approximate surface area is 236 Å². The van der Waals surface area contributed by atoms with Crippen molar-refractivity contribution in [2.75, 3.05) is 30.3 Å². The number of anilines is 2. The molecular formula is C31H28N4O6. The van der Waals surface area contributed by atoms with E-state index in [-0.39, 0.29) is 23.7 Å². The van der Waals surface area contributed by atoms with E-state index in [0.717, 1.165) is 16.5 Å². The normalized spacial score (nSPS) is 17.4. The minimum absolute atomic E-state index is 0.282. The Morgan fingerprint density at radius 1 is 0.878 bits per heavy atom. The standard InChI is InChI=1S/C31H28N4O6/c36-28(33-23-6-2-1-3-7-23)31(14-15-31)29(37)34-24-10-12-25(13-11-24)40-41-30(38)35-17-18-39-27(20-35)22-9-8-21-5-4-16-32-26(21)19-22/h1-13,16,19,27H,14-15,17-18,20H2,(H,33,36)(H,34,37). The fourth-order valence-corrected chi connectivity index (χ4v) is 4.74. The number of ether oxygens (including phenoxy) is 1. The summed E-state index contributed by atoms with van der Waals surface area (Å²) in [5, 5.41) is 6.64. The molecule has 10 nitrogen and oxygen atoms in total. The average Bonchev–Trinajstić information content (AvgIpc) is 3.84. The molecule has 2 heterocycles. The number of morpholine rings is 1. The van der Waals surface area contributed by atoms with Crippen LogP contribution in [0.25, 0.3) is 10.9 Å².